The van der Waals surface area contributed by atoms with Gasteiger partial charge in [-0.05, 0) is 42.5 Å². The molecule has 0 bridgehead atoms. The Bertz CT molecular complexity index is 647. The number of rotatable bonds is 7. The fraction of sp³-hybridized carbons (Fsp3) is 0.211. The fourth-order valence-corrected chi connectivity index (χ4v) is 2.35. The van der Waals surface area contributed by atoms with Crippen molar-refractivity contribution in [1.82, 2.24) is 0 Å². The molecule has 0 fully saturated rings. The van der Waals surface area contributed by atoms with E-state index in [0.717, 1.165) is 24.8 Å². The summed E-state index contributed by atoms with van der Waals surface area (Å²) in [5.41, 5.74) is 8.16. The van der Waals surface area contributed by atoms with Crippen molar-refractivity contribution in [2.24, 2.45) is 5.73 Å². The lowest BCUT2D eigenvalue weighted by Gasteiger charge is -2.06. The number of unbranched alkanes of at least 4 members (excludes halogenated alkanes) is 1. The Balaban J connectivity index is 2.02. The van der Waals surface area contributed by atoms with E-state index in [4.69, 9.17) is 10.5 Å². The monoisotopic (exact) mass is 295 g/mol. The highest BCUT2D eigenvalue weighted by atomic mass is 16.5. The minimum Gasteiger partial charge on any atom is -0.497 e. The molecule has 2 aromatic carbocycles. The molecule has 2 N–H and O–H groups in total. The molecule has 1 amide bonds. The zero-order chi connectivity index (χ0) is 15.8. The molecule has 0 atom stereocenters. The standard InChI is InChI=1S/C19H21NO2/c1-22-17-12-7-11-16(14-17)18(19(20)21)13-6-5-10-15-8-3-2-4-9-15/h2-4,7-9,11-14H,5-6,10H2,1H3,(H2,20,21)/b18-13+. The van der Waals surface area contributed by atoms with Crippen LogP contribution in [0.1, 0.15) is 24.0 Å². The number of carbonyl (C=O) groups is 1. The first-order valence-electron chi connectivity index (χ1n) is 7.39. The average molecular weight is 295 g/mol. The van der Waals surface area contributed by atoms with Crippen molar-refractivity contribution >= 4 is 11.5 Å². The molecule has 0 aliphatic carbocycles. The maximum atomic E-state index is 11.7. The number of hydrogen-bond acceptors (Lipinski definition) is 2. The largest absolute Gasteiger partial charge is 0.497 e. The first-order valence-corrected chi connectivity index (χ1v) is 7.39. The Morgan fingerprint density at radius 3 is 2.59 bits per heavy atom. The van der Waals surface area contributed by atoms with Crippen LogP contribution in [0.3, 0.4) is 0 Å². The van der Waals surface area contributed by atoms with Gasteiger partial charge in [0.25, 0.3) is 0 Å². The summed E-state index contributed by atoms with van der Waals surface area (Å²) < 4.78 is 5.19. The van der Waals surface area contributed by atoms with Gasteiger partial charge in [-0.1, -0.05) is 48.5 Å². The molecule has 0 unspecified atom stereocenters. The zero-order valence-corrected chi connectivity index (χ0v) is 12.8. The quantitative estimate of drug-likeness (QED) is 0.627. The van der Waals surface area contributed by atoms with Crippen LogP contribution in [0.5, 0.6) is 5.75 Å². The molecular formula is C19H21NO2. The minimum absolute atomic E-state index is 0.409. The Morgan fingerprint density at radius 2 is 1.91 bits per heavy atom. The van der Waals surface area contributed by atoms with Crippen LogP contribution in [0.4, 0.5) is 0 Å². The number of aryl methyl sites for hydroxylation is 1. The van der Waals surface area contributed by atoms with E-state index in [1.54, 1.807) is 7.11 Å². The highest BCUT2D eigenvalue weighted by Gasteiger charge is 2.08. The Hall–Kier alpha value is -2.55. The van der Waals surface area contributed by atoms with E-state index in [1.165, 1.54) is 5.56 Å². The van der Waals surface area contributed by atoms with Crippen LogP contribution in [-0.4, -0.2) is 13.0 Å². The highest BCUT2D eigenvalue weighted by Crippen LogP contribution is 2.21. The first kappa shape index (κ1) is 15.8. The van der Waals surface area contributed by atoms with Crippen molar-refractivity contribution in [3.63, 3.8) is 0 Å². The van der Waals surface area contributed by atoms with Crippen LogP contribution in [0.15, 0.2) is 60.7 Å². The van der Waals surface area contributed by atoms with Crippen LogP contribution in [0.2, 0.25) is 0 Å². The zero-order valence-electron chi connectivity index (χ0n) is 12.8. The first-order chi connectivity index (χ1) is 10.7. The van der Waals surface area contributed by atoms with Gasteiger partial charge in [-0.2, -0.15) is 0 Å². The maximum Gasteiger partial charge on any atom is 0.248 e. The molecule has 3 heteroatoms. The molecule has 3 nitrogen and oxygen atoms in total. The second-order valence-corrected chi connectivity index (χ2v) is 5.09. The van der Waals surface area contributed by atoms with E-state index < -0.39 is 5.91 Å². The van der Waals surface area contributed by atoms with E-state index in [0.29, 0.717) is 11.3 Å². The summed E-state index contributed by atoms with van der Waals surface area (Å²) in [6, 6.07) is 17.7. The molecule has 0 radical (unpaired) electrons. The van der Waals surface area contributed by atoms with Crippen LogP contribution < -0.4 is 10.5 Å². The predicted octanol–water partition coefficient (Wildman–Crippen LogP) is 3.59. The van der Waals surface area contributed by atoms with Gasteiger partial charge in [0.2, 0.25) is 5.91 Å². The topological polar surface area (TPSA) is 52.3 Å². The lowest BCUT2D eigenvalue weighted by molar-refractivity contribution is -0.112. The van der Waals surface area contributed by atoms with Crippen molar-refractivity contribution in [3.05, 3.63) is 71.8 Å². The third-order valence-corrected chi connectivity index (χ3v) is 3.51. The normalized spacial score (nSPS) is 11.2. The van der Waals surface area contributed by atoms with Gasteiger partial charge in [0.15, 0.2) is 0 Å². The number of hydrogen-bond donors (Lipinski definition) is 1. The van der Waals surface area contributed by atoms with Crippen LogP contribution in [0, 0.1) is 0 Å². The van der Waals surface area contributed by atoms with Crippen LogP contribution >= 0.6 is 0 Å². The van der Waals surface area contributed by atoms with Gasteiger partial charge < -0.3 is 10.5 Å². The average Bonchev–Trinajstić information content (AvgIpc) is 2.55. The van der Waals surface area contributed by atoms with Gasteiger partial charge in [-0.25, -0.2) is 0 Å². The van der Waals surface area contributed by atoms with E-state index in [2.05, 4.69) is 12.1 Å². The molecule has 0 saturated heterocycles. The molecule has 0 saturated carbocycles. The number of nitrogens with two attached hydrogens (primary N) is 1. The van der Waals surface area contributed by atoms with Gasteiger partial charge in [-0.3, -0.25) is 4.79 Å². The number of benzene rings is 2. The van der Waals surface area contributed by atoms with E-state index in [1.807, 2.05) is 48.5 Å². The van der Waals surface area contributed by atoms with E-state index in [-0.39, 0.29) is 0 Å². The van der Waals surface area contributed by atoms with Crippen molar-refractivity contribution < 1.29 is 9.53 Å². The fourth-order valence-electron chi connectivity index (χ4n) is 2.35. The number of ether oxygens (including phenoxy) is 1. The van der Waals surface area contributed by atoms with Gasteiger partial charge in [0.1, 0.15) is 5.75 Å². The van der Waals surface area contributed by atoms with Crippen molar-refractivity contribution in [2.45, 2.75) is 19.3 Å². The Morgan fingerprint density at radius 1 is 1.14 bits per heavy atom. The third kappa shape index (κ3) is 4.48. The molecule has 2 rings (SSSR count). The number of methoxy groups -OCH3 is 1. The predicted molar refractivity (Wildman–Crippen MR) is 89.5 cm³/mol. The summed E-state index contributed by atoms with van der Waals surface area (Å²) in [5, 5.41) is 0. The van der Waals surface area contributed by atoms with Gasteiger partial charge in [0, 0.05) is 5.57 Å². The third-order valence-electron chi connectivity index (χ3n) is 3.51. The molecule has 0 spiro atoms. The van der Waals surface area contributed by atoms with Crippen molar-refractivity contribution in [2.75, 3.05) is 7.11 Å². The number of amides is 1. The molecule has 22 heavy (non-hydrogen) atoms. The molecule has 114 valence electrons. The number of carbonyl (C=O) groups excluding carboxylic acids is 1. The molecule has 2 aromatic rings. The molecule has 0 aliphatic rings. The number of primary amides is 1. The minimum atomic E-state index is -0.409. The van der Waals surface area contributed by atoms with Gasteiger partial charge in [-0.15, -0.1) is 0 Å². The summed E-state index contributed by atoms with van der Waals surface area (Å²) in [6.45, 7) is 0. The second kappa shape index (κ2) is 8.03. The molecule has 0 heterocycles. The maximum absolute atomic E-state index is 11.7. The van der Waals surface area contributed by atoms with Gasteiger partial charge in [0.05, 0.1) is 7.11 Å². The summed E-state index contributed by atoms with van der Waals surface area (Å²) in [6.07, 6.45) is 4.69. The summed E-state index contributed by atoms with van der Waals surface area (Å²) >= 11 is 0. The van der Waals surface area contributed by atoms with Crippen LogP contribution in [0.25, 0.3) is 5.57 Å². The smallest absolute Gasteiger partial charge is 0.248 e. The van der Waals surface area contributed by atoms with E-state index >= 15 is 0 Å². The molecular weight excluding hydrogens is 274 g/mol. The lowest BCUT2D eigenvalue weighted by Crippen LogP contribution is -2.13. The molecule has 0 aliphatic heterocycles. The Labute approximate surface area is 131 Å². The number of allylic oxidation sites excluding steroid dienone is 1. The van der Waals surface area contributed by atoms with Crippen molar-refractivity contribution in [1.29, 1.82) is 0 Å². The summed E-state index contributed by atoms with van der Waals surface area (Å²) in [4.78, 5) is 11.7. The summed E-state index contributed by atoms with van der Waals surface area (Å²) in [7, 11) is 1.60. The lowest BCUT2D eigenvalue weighted by atomic mass is 10.0. The van der Waals surface area contributed by atoms with E-state index in [9.17, 15) is 4.79 Å². The highest BCUT2D eigenvalue weighted by molar-refractivity contribution is 6.18. The van der Waals surface area contributed by atoms with Crippen LogP contribution in [-0.2, 0) is 11.2 Å². The summed E-state index contributed by atoms with van der Waals surface area (Å²) in [5.74, 6) is 0.307. The van der Waals surface area contributed by atoms with Gasteiger partial charge >= 0.3 is 0 Å². The SMILES string of the molecule is COc1cccc(/C(=C\CCCc2ccccc2)C(N)=O)c1. The second-order valence-electron chi connectivity index (χ2n) is 5.09. The molecule has 0 aromatic heterocycles. The van der Waals surface area contributed by atoms with Crippen molar-refractivity contribution in [3.8, 4) is 5.75 Å². The Kier molecular flexibility index (Phi) is 5.78.